The van der Waals surface area contributed by atoms with Crippen molar-refractivity contribution in [2.45, 2.75) is 25.7 Å². The maximum atomic E-state index is 6.38. The van der Waals surface area contributed by atoms with Crippen LogP contribution in [0.5, 0.6) is 0 Å². The van der Waals surface area contributed by atoms with E-state index in [0.29, 0.717) is 5.96 Å². The molecule has 2 aliphatic heterocycles. The lowest BCUT2D eigenvalue weighted by Gasteiger charge is -2.30. The van der Waals surface area contributed by atoms with Crippen LogP contribution in [-0.2, 0) is 6.42 Å². The van der Waals surface area contributed by atoms with Gasteiger partial charge in [-0.1, -0.05) is 30.3 Å². The molecule has 0 radical (unpaired) electrons. The van der Waals surface area contributed by atoms with Crippen molar-refractivity contribution in [1.82, 2.24) is 0 Å². The molecule has 2 N–H and O–H groups in total. The molecule has 0 aromatic heterocycles. The van der Waals surface area contributed by atoms with E-state index in [1.165, 1.54) is 36.2 Å². The molecule has 2 aromatic rings. The van der Waals surface area contributed by atoms with E-state index in [9.17, 15) is 0 Å². The quantitative estimate of drug-likeness (QED) is 0.678. The van der Waals surface area contributed by atoms with Crippen molar-refractivity contribution in [3.63, 3.8) is 0 Å². The summed E-state index contributed by atoms with van der Waals surface area (Å²) in [6.07, 6.45) is 4.87. The number of piperidine rings is 1. The van der Waals surface area contributed by atoms with Crippen LogP contribution in [0.1, 0.15) is 24.8 Å². The van der Waals surface area contributed by atoms with Gasteiger partial charge in [-0.3, -0.25) is 0 Å². The summed E-state index contributed by atoms with van der Waals surface area (Å²) in [5.41, 5.74) is 11.1. The zero-order chi connectivity index (χ0) is 16.4. The van der Waals surface area contributed by atoms with Crippen LogP contribution in [0, 0.1) is 0 Å². The Kier molecular flexibility index (Phi) is 4.11. The second kappa shape index (κ2) is 6.56. The summed E-state index contributed by atoms with van der Waals surface area (Å²) < 4.78 is 0. The van der Waals surface area contributed by atoms with E-state index in [4.69, 9.17) is 10.7 Å². The summed E-state index contributed by atoms with van der Waals surface area (Å²) in [5.74, 6) is 0.587. The number of hydrogen-bond acceptors (Lipinski definition) is 2. The largest absolute Gasteiger partial charge is 0.370 e. The van der Waals surface area contributed by atoms with E-state index >= 15 is 0 Å². The maximum absolute atomic E-state index is 6.38. The lowest BCUT2D eigenvalue weighted by Crippen LogP contribution is -2.36. The number of anilines is 2. The number of hydrogen-bond donors (Lipinski definition) is 1. The van der Waals surface area contributed by atoms with Crippen molar-refractivity contribution in [2.24, 2.45) is 10.7 Å². The summed E-state index contributed by atoms with van der Waals surface area (Å²) in [7, 11) is 0. The minimum absolute atomic E-state index is 0.587. The van der Waals surface area contributed by atoms with Crippen LogP contribution >= 0.6 is 0 Å². The van der Waals surface area contributed by atoms with Gasteiger partial charge in [0.1, 0.15) is 0 Å². The molecule has 2 aliphatic rings. The first kappa shape index (κ1) is 15.1. The number of nitrogens with two attached hydrogens (primary N) is 1. The maximum Gasteiger partial charge on any atom is 0.201 e. The molecule has 1 fully saturated rings. The highest BCUT2D eigenvalue weighted by atomic mass is 15.3. The molecule has 124 valence electrons. The van der Waals surface area contributed by atoms with Crippen LogP contribution in [0.3, 0.4) is 0 Å². The molecule has 2 aromatic carbocycles. The minimum atomic E-state index is 0.587. The van der Waals surface area contributed by atoms with Gasteiger partial charge < -0.3 is 15.5 Å². The Balaban J connectivity index is 1.64. The molecule has 4 rings (SSSR count). The minimum Gasteiger partial charge on any atom is -0.370 e. The molecule has 0 spiro atoms. The van der Waals surface area contributed by atoms with Crippen LogP contribution in [0.25, 0.3) is 0 Å². The number of nitrogens with zero attached hydrogens (tertiary/aromatic N) is 3. The molecule has 1 saturated heterocycles. The van der Waals surface area contributed by atoms with Gasteiger partial charge in [-0.25, -0.2) is 4.99 Å². The van der Waals surface area contributed by atoms with Crippen molar-refractivity contribution in [2.75, 3.05) is 29.4 Å². The van der Waals surface area contributed by atoms with Crippen LogP contribution < -0.4 is 15.5 Å². The molecule has 0 bridgehead atoms. The fraction of sp³-hybridized carbons (Fsp3) is 0.350. The first-order valence-electron chi connectivity index (χ1n) is 8.86. The van der Waals surface area contributed by atoms with Gasteiger partial charge in [0, 0.05) is 25.3 Å². The number of aliphatic imine (C=N–C) groups is 1. The average molecular weight is 320 g/mol. The fourth-order valence-electron chi connectivity index (χ4n) is 3.72. The van der Waals surface area contributed by atoms with E-state index in [-0.39, 0.29) is 0 Å². The Morgan fingerprint density at radius 1 is 0.833 bits per heavy atom. The van der Waals surface area contributed by atoms with E-state index in [1.54, 1.807) is 0 Å². The van der Waals surface area contributed by atoms with Gasteiger partial charge in [-0.15, -0.1) is 0 Å². The highest BCUT2D eigenvalue weighted by Crippen LogP contribution is 2.32. The van der Waals surface area contributed by atoms with Gasteiger partial charge in [0.2, 0.25) is 5.96 Å². The Bertz CT molecular complexity index is 747. The number of para-hydroxylation sites is 3. The lowest BCUT2D eigenvalue weighted by atomic mass is 10.1. The predicted octanol–water partition coefficient (Wildman–Crippen LogP) is 3.69. The van der Waals surface area contributed by atoms with E-state index in [1.807, 2.05) is 6.07 Å². The molecular weight excluding hydrogens is 296 g/mol. The summed E-state index contributed by atoms with van der Waals surface area (Å²) >= 11 is 0. The number of fused-ring (bicyclic) bond motifs is 1. The van der Waals surface area contributed by atoms with Gasteiger partial charge in [0.15, 0.2) is 0 Å². The first-order valence-corrected chi connectivity index (χ1v) is 8.86. The second-order valence-corrected chi connectivity index (χ2v) is 6.54. The average Bonchev–Trinajstić information content (AvgIpc) is 3.07. The zero-order valence-corrected chi connectivity index (χ0v) is 14.0. The third-order valence-corrected chi connectivity index (χ3v) is 4.98. The molecule has 2 heterocycles. The Morgan fingerprint density at radius 3 is 2.38 bits per heavy atom. The van der Waals surface area contributed by atoms with Gasteiger partial charge in [-0.2, -0.15) is 0 Å². The van der Waals surface area contributed by atoms with Gasteiger partial charge in [-0.05, 0) is 49.4 Å². The summed E-state index contributed by atoms with van der Waals surface area (Å²) in [4.78, 5) is 9.36. The number of rotatable bonds is 2. The number of guanidine groups is 1. The Morgan fingerprint density at radius 2 is 1.54 bits per heavy atom. The van der Waals surface area contributed by atoms with E-state index in [0.717, 1.165) is 31.7 Å². The Hall–Kier alpha value is -2.49. The molecule has 24 heavy (non-hydrogen) atoms. The van der Waals surface area contributed by atoms with Crippen molar-refractivity contribution in [1.29, 1.82) is 0 Å². The third kappa shape index (κ3) is 2.84. The second-order valence-electron chi connectivity index (χ2n) is 6.54. The Labute approximate surface area is 143 Å². The lowest BCUT2D eigenvalue weighted by molar-refractivity contribution is 0.578. The van der Waals surface area contributed by atoms with Crippen LogP contribution in [0.15, 0.2) is 53.5 Å². The summed E-state index contributed by atoms with van der Waals surface area (Å²) in [5, 5.41) is 0. The summed E-state index contributed by atoms with van der Waals surface area (Å²) in [6, 6.07) is 16.8. The van der Waals surface area contributed by atoms with Crippen LogP contribution in [0.2, 0.25) is 0 Å². The first-order chi connectivity index (χ1) is 11.8. The van der Waals surface area contributed by atoms with Crippen molar-refractivity contribution < 1.29 is 0 Å². The molecule has 0 aliphatic carbocycles. The molecule has 0 unspecified atom stereocenters. The molecule has 0 amide bonds. The summed E-state index contributed by atoms with van der Waals surface area (Å²) in [6.45, 7) is 3.12. The SMILES string of the molecule is NC(=Nc1ccccc1N1CCCCC1)N1CCc2ccccc21. The monoisotopic (exact) mass is 320 g/mol. The zero-order valence-electron chi connectivity index (χ0n) is 14.0. The highest BCUT2D eigenvalue weighted by Gasteiger charge is 2.21. The molecule has 4 heteroatoms. The van der Waals surface area contributed by atoms with Crippen LogP contribution in [0.4, 0.5) is 17.1 Å². The van der Waals surface area contributed by atoms with Crippen molar-refractivity contribution in [3.8, 4) is 0 Å². The normalized spacial score (nSPS) is 17.9. The molecular formula is C20H24N4. The fourth-order valence-corrected chi connectivity index (χ4v) is 3.72. The topological polar surface area (TPSA) is 44.9 Å². The highest BCUT2D eigenvalue weighted by molar-refractivity contribution is 5.99. The molecule has 0 saturated carbocycles. The molecule has 0 atom stereocenters. The predicted molar refractivity (Wildman–Crippen MR) is 101 cm³/mol. The van der Waals surface area contributed by atoms with Crippen molar-refractivity contribution in [3.05, 3.63) is 54.1 Å². The van der Waals surface area contributed by atoms with E-state index < -0.39 is 0 Å². The standard InChI is InChI=1S/C20H24N4/c21-20(24-15-12-16-8-2-4-10-18(16)24)22-17-9-3-5-11-19(17)23-13-6-1-7-14-23/h2-5,8-11H,1,6-7,12-15H2,(H2,21,22). The van der Waals surface area contributed by atoms with Gasteiger partial charge in [0.05, 0.1) is 11.4 Å². The number of benzene rings is 2. The van der Waals surface area contributed by atoms with E-state index in [2.05, 4.69) is 52.3 Å². The van der Waals surface area contributed by atoms with Crippen molar-refractivity contribution >= 4 is 23.0 Å². The molecule has 4 nitrogen and oxygen atoms in total. The smallest absolute Gasteiger partial charge is 0.201 e. The van der Waals surface area contributed by atoms with Gasteiger partial charge >= 0.3 is 0 Å². The third-order valence-electron chi connectivity index (χ3n) is 4.98. The van der Waals surface area contributed by atoms with Crippen LogP contribution in [-0.4, -0.2) is 25.6 Å². The van der Waals surface area contributed by atoms with Gasteiger partial charge in [0.25, 0.3) is 0 Å².